The van der Waals surface area contributed by atoms with Gasteiger partial charge in [-0.3, -0.25) is 19.2 Å². The predicted molar refractivity (Wildman–Crippen MR) is 109 cm³/mol. The number of nitrogens with zero attached hydrogens (tertiary/aromatic N) is 3. The van der Waals surface area contributed by atoms with Crippen molar-refractivity contribution in [3.05, 3.63) is 64.2 Å². The van der Waals surface area contributed by atoms with E-state index in [1.54, 1.807) is 18.2 Å². The average Bonchev–Trinajstić information content (AvgIpc) is 2.67. The van der Waals surface area contributed by atoms with Gasteiger partial charge in [0.15, 0.2) is 0 Å². The van der Waals surface area contributed by atoms with E-state index in [4.69, 9.17) is 4.74 Å². The summed E-state index contributed by atoms with van der Waals surface area (Å²) >= 11 is 0. The Labute approximate surface area is 168 Å². The molecule has 0 saturated heterocycles. The van der Waals surface area contributed by atoms with Gasteiger partial charge in [0.25, 0.3) is 11.6 Å². The Balaban J connectivity index is 2.16. The molecule has 0 bridgehead atoms. The fourth-order valence-electron chi connectivity index (χ4n) is 2.52. The molecule has 2 aromatic rings. The van der Waals surface area contributed by atoms with Gasteiger partial charge in [-0.2, -0.15) is 5.10 Å². The lowest BCUT2D eigenvalue weighted by Crippen LogP contribution is -2.46. The number of methoxy groups -OCH3 is 1. The number of non-ortho nitro benzene ring substituents is 1. The van der Waals surface area contributed by atoms with Crippen LogP contribution in [0.5, 0.6) is 5.75 Å². The molecule has 154 valence electrons. The van der Waals surface area contributed by atoms with Gasteiger partial charge in [-0.1, -0.05) is 12.1 Å². The first-order valence-electron chi connectivity index (χ1n) is 8.34. The van der Waals surface area contributed by atoms with Crippen molar-refractivity contribution in [1.82, 2.24) is 5.43 Å². The first-order chi connectivity index (χ1) is 13.6. The third kappa shape index (κ3) is 5.75. The van der Waals surface area contributed by atoms with E-state index in [1.807, 2.05) is 0 Å². The van der Waals surface area contributed by atoms with Gasteiger partial charge in [0.05, 0.1) is 30.2 Å². The van der Waals surface area contributed by atoms with E-state index >= 15 is 0 Å². The molecule has 2 aromatic carbocycles. The topological polar surface area (TPSA) is 131 Å². The van der Waals surface area contributed by atoms with Crippen molar-refractivity contribution >= 4 is 33.5 Å². The van der Waals surface area contributed by atoms with Gasteiger partial charge in [0.1, 0.15) is 11.8 Å². The second-order valence-electron chi connectivity index (χ2n) is 6.02. The molecule has 1 amide bonds. The maximum absolute atomic E-state index is 12.4. The smallest absolute Gasteiger partial charge is 0.270 e. The summed E-state index contributed by atoms with van der Waals surface area (Å²) in [5.74, 6) is -0.131. The molecule has 11 heteroatoms. The van der Waals surface area contributed by atoms with E-state index in [9.17, 15) is 23.3 Å². The van der Waals surface area contributed by atoms with E-state index in [1.165, 1.54) is 50.6 Å². The zero-order valence-corrected chi connectivity index (χ0v) is 16.8. The minimum absolute atomic E-state index is 0.114. The third-order valence-electron chi connectivity index (χ3n) is 3.88. The van der Waals surface area contributed by atoms with Crippen LogP contribution >= 0.6 is 0 Å². The van der Waals surface area contributed by atoms with Crippen LogP contribution < -0.4 is 14.5 Å². The van der Waals surface area contributed by atoms with E-state index < -0.39 is 26.9 Å². The highest BCUT2D eigenvalue weighted by Crippen LogP contribution is 2.23. The van der Waals surface area contributed by atoms with Crippen LogP contribution in [0.25, 0.3) is 0 Å². The number of nitro benzene ring substituents is 1. The Bertz CT molecular complexity index is 1020. The Kier molecular flexibility index (Phi) is 6.89. The van der Waals surface area contributed by atoms with Crippen molar-refractivity contribution < 1.29 is 22.9 Å². The molecule has 0 saturated carbocycles. The highest BCUT2D eigenvalue weighted by Gasteiger charge is 2.29. The number of anilines is 1. The largest absolute Gasteiger partial charge is 0.497 e. The van der Waals surface area contributed by atoms with Crippen LogP contribution in [0.15, 0.2) is 53.6 Å². The number of carbonyl (C=O) groups is 1. The molecule has 0 aromatic heterocycles. The van der Waals surface area contributed by atoms with E-state index in [0.717, 1.165) is 10.6 Å². The SMILES string of the molecule is COc1ccc(N([C@@H](C)C(=O)N/N=C\c2cccc([N+](=O)[O-])c2)S(C)(=O)=O)cc1. The molecular formula is C18H20N4O6S. The fourth-order valence-corrected chi connectivity index (χ4v) is 3.70. The summed E-state index contributed by atoms with van der Waals surface area (Å²) in [6.45, 7) is 1.42. The van der Waals surface area contributed by atoms with Crippen LogP contribution in [0.3, 0.4) is 0 Å². The lowest BCUT2D eigenvalue weighted by atomic mass is 10.2. The van der Waals surface area contributed by atoms with Crippen LogP contribution in [0.4, 0.5) is 11.4 Å². The zero-order chi connectivity index (χ0) is 21.6. The number of carbonyl (C=O) groups excluding carboxylic acids is 1. The number of hydrogen-bond donors (Lipinski definition) is 1. The second-order valence-corrected chi connectivity index (χ2v) is 7.88. The molecule has 29 heavy (non-hydrogen) atoms. The second kappa shape index (κ2) is 9.15. The van der Waals surface area contributed by atoms with Crippen molar-refractivity contribution in [2.24, 2.45) is 5.10 Å². The first kappa shape index (κ1) is 21.8. The molecule has 0 aliphatic rings. The van der Waals surface area contributed by atoms with E-state index in [-0.39, 0.29) is 5.69 Å². The quantitative estimate of drug-likeness (QED) is 0.394. The molecule has 0 fully saturated rings. The molecule has 0 radical (unpaired) electrons. The van der Waals surface area contributed by atoms with Crippen LogP contribution in [-0.4, -0.2) is 44.9 Å². The number of nitro groups is 1. The minimum Gasteiger partial charge on any atom is -0.497 e. The van der Waals surface area contributed by atoms with Crippen LogP contribution in [0, 0.1) is 10.1 Å². The number of rotatable bonds is 8. The molecule has 0 aliphatic carbocycles. The summed E-state index contributed by atoms with van der Waals surface area (Å²) in [7, 11) is -2.28. The van der Waals surface area contributed by atoms with Crippen molar-refractivity contribution in [2.45, 2.75) is 13.0 Å². The lowest BCUT2D eigenvalue weighted by molar-refractivity contribution is -0.384. The molecular weight excluding hydrogens is 400 g/mol. The van der Waals surface area contributed by atoms with Crippen molar-refractivity contribution in [1.29, 1.82) is 0 Å². The van der Waals surface area contributed by atoms with Gasteiger partial charge < -0.3 is 4.74 Å². The van der Waals surface area contributed by atoms with Crippen molar-refractivity contribution in [2.75, 3.05) is 17.7 Å². The lowest BCUT2D eigenvalue weighted by Gasteiger charge is -2.27. The number of nitrogens with one attached hydrogen (secondary N) is 1. The predicted octanol–water partition coefficient (Wildman–Crippen LogP) is 1.91. The Hall–Kier alpha value is -3.47. The van der Waals surface area contributed by atoms with E-state index in [2.05, 4.69) is 10.5 Å². The summed E-state index contributed by atoms with van der Waals surface area (Å²) in [5.41, 5.74) is 2.84. The van der Waals surface area contributed by atoms with E-state index in [0.29, 0.717) is 17.0 Å². The maximum Gasteiger partial charge on any atom is 0.270 e. The number of ether oxygens (including phenoxy) is 1. The molecule has 0 aliphatic heterocycles. The molecule has 10 nitrogen and oxygen atoms in total. The summed E-state index contributed by atoms with van der Waals surface area (Å²) in [6.07, 6.45) is 2.23. The Morgan fingerprint density at radius 1 is 1.28 bits per heavy atom. The van der Waals surface area contributed by atoms with Gasteiger partial charge in [-0.05, 0) is 31.2 Å². The number of sulfonamides is 1. The standard InChI is InChI=1S/C18H20N4O6S/c1-13(21(29(3,26)27)15-7-9-17(28-2)10-8-15)18(23)20-19-12-14-5-4-6-16(11-14)22(24)25/h4-13H,1-3H3,(H,20,23)/b19-12-/t13-/m0/s1. The van der Waals surface area contributed by atoms with Crippen molar-refractivity contribution in [3.8, 4) is 5.75 Å². The molecule has 0 spiro atoms. The van der Waals surface area contributed by atoms with Gasteiger partial charge in [0.2, 0.25) is 10.0 Å². The summed E-state index contributed by atoms with van der Waals surface area (Å²) in [5, 5.41) is 14.5. The number of hydrogen-bond acceptors (Lipinski definition) is 7. The van der Waals surface area contributed by atoms with Gasteiger partial charge in [0, 0.05) is 17.7 Å². The van der Waals surface area contributed by atoms with Gasteiger partial charge in [-0.15, -0.1) is 0 Å². The molecule has 1 N–H and O–H groups in total. The molecule has 2 rings (SSSR count). The highest BCUT2D eigenvalue weighted by molar-refractivity contribution is 7.92. The van der Waals surface area contributed by atoms with Crippen molar-refractivity contribution in [3.63, 3.8) is 0 Å². The van der Waals surface area contributed by atoms with Crippen LogP contribution in [0.1, 0.15) is 12.5 Å². The van der Waals surface area contributed by atoms with Crippen LogP contribution in [-0.2, 0) is 14.8 Å². The zero-order valence-electron chi connectivity index (χ0n) is 16.0. The molecule has 0 unspecified atom stereocenters. The molecule has 0 heterocycles. The summed E-state index contributed by atoms with van der Waals surface area (Å²) < 4.78 is 30.5. The third-order valence-corrected chi connectivity index (χ3v) is 5.13. The fraction of sp³-hybridized carbons (Fsp3) is 0.222. The van der Waals surface area contributed by atoms with Crippen LogP contribution in [0.2, 0.25) is 0 Å². The van der Waals surface area contributed by atoms with Gasteiger partial charge >= 0.3 is 0 Å². The Morgan fingerprint density at radius 2 is 1.93 bits per heavy atom. The average molecular weight is 420 g/mol. The van der Waals surface area contributed by atoms with Gasteiger partial charge in [-0.25, -0.2) is 13.8 Å². The first-order valence-corrected chi connectivity index (χ1v) is 10.2. The minimum atomic E-state index is -3.77. The maximum atomic E-state index is 12.4. The summed E-state index contributed by atoms with van der Waals surface area (Å²) in [6, 6.07) is 10.8. The Morgan fingerprint density at radius 3 is 2.48 bits per heavy atom. The highest BCUT2D eigenvalue weighted by atomic mass is 32.2. The summed E-state index contributed by atoms with van der Waals surface area (Å²) in [4.78, 5) is 22.7. The monoisotopic (exact) mass is 420 g/mol. The number of amides is 1. The molecule has 1 atom stereocenters. The number of benzene rings is 2. The normalized spacial score (nSPS) is 12.4. The number of hydrazone groups is 1.